The van der Waals surface area contributed by atoms with E-state index < -0.39 is 11.7 Å². The summed E-state index contributed by atoms with van der Waals surface area (Å²) in [6, 6.07) is 14.3. The second kappa shape index (κ2) is 7.60. The summed E-state index contributed by atoms with van der Waals surface area (Å²) in [5.74, 6) is 0.471. The van der Waals surface area contributed by atoms with Crippen LogP contribution in [0.4, 0.5) is 10.5 Å². The van der Waals surface area contributed by atoms with Crippen molar-refractivity contribution in [2.24, 2.45) is 0 Å². The Morgan fingerprint density at radius 2 is 1.88 bits per heavy atom. The van der Waals surface area contributed by atoms with E-state index >= 15 is 0 Å². The summed E-state index contributed by atoms with van der Waals surface area (Å²) < 4.78 is 5.24. The van der Waals surface area contributed by atoms with E-state index in [9.17, 15) is 4.79 Å². The minimum absolute atomic E-state index is 0.380. The van der Waals surface area contributed by atoms with Gasteiger partial charge in [-0.05, 0) is 49.4 Å². The van der Waals surface area contributed by atoms with Crippen molar-refractivity contribution in [3.63, 3.8) is 0 Å². The van der Waals surface area contributed by atoms with Crippen molar-refractivity contribution < 1.29 is 9.53 Å². The number of carbonyl (C=O) groups is 1. The van der Waals surface area contributed by atoms with Crippen LogP contribution in [0, 0.1) is 0 Å². The number of carbonyl (C=O) groups excluding carboxylic acids is 1. The summed E-state index contributed by atoms with van der Waals surface area (Å²) in [6.07, 6.45) is -0.431. The molecule has 0 unspecified atom stereocenters. The first-order valence-electron chi connectivity index (χ1n) is 8.61. The van der Waals surface area contributed by atoms with E-state index in [-0.39, 0.29) is 0 Å². The molecular formula is C21H28N2O2. The maximum atomic E-state index is 11.7. The van der Waals surface area contributed by atoms with Crippen LogP contribution in [0.1, 0.15) is 51.7 Å². The van der Waals surface area contributed by atoms with Gasteiger partial charge >= 0.3 is 6.09 Å². The van der Waals surface area contributed by atoms with E-state index in [0.717, 1.165) is 16.7 Å². The number of benzene rings is 2. The zero-order valence-electron chi connectivity index (χ0n) is 15.7. The topological polar surface area (TPSA) is 64.3 Å². The molecule has 0 aromatic heterocycles. The third-order valence-corrected chi connectivity index (χ3v) is 3.82. The van der Waals surface area contributed by atoms with Crippen LogP contribution in [0.15, 0.2) is 42.5 Å². The highest BCUT2D eigenvalue weighted by molar-refractivity contribution is 5.77. The van der Waals surface area contributed by atoms with Gasteiger partial charge in [0.25, 0.3) is 0 Å². The molecule has 0 fully saturated rings. The van der Waals surface area contributed by atoms with Crippen LogP contribution in [-0.2, 0) is 11.3 Å². The quantitative estimate of drug-likeness (QED) is 0.763. The number of nitrogens with one attached hydrogen (secondary N) is 1. The molecule has 1 amide bonds. The van der Waals surface area contributed by atoms with E-state index in [1.54, 1.807) is 0 Å². The van der Waals surface area contributed by atoms with Gasteiger partial charge in [0.1, 0.15) is 5.60 Å². The molecule has 0 saturated carbocycles. The molecule has 0 heterocycles. The summed E-state index contributed by atoms with van der Waals surface area (Å²) in [4.78, 5) is 11.7. The summed E-state index contributed by atoms with van der Waals surface area (Å²) in [5, 5.41) is 2.75. The fraction of sp³-hybridized carbons (Fsp3) is 0.381. The lowest BCUT2D eigenvalue weighted by Gasteiger charge is -2.19. The Hall–Kier alpha value is -2.49. The molecule has 0 atom stereocenters. The van der Waals surface area contributed by atoms with Crippen LogP contribution < -0.4 is 11.1 Å². The van der Waals surface area contributed by atoms with Gasteiger partial charge in [0, 0.05) is 17.8 Å². The molecule has 4 nitrogen and oxygen atoms in total. The van der Waals surface area contributed by atoms with E-state index in [0.29, 0.717) is 18.2 Å². The molecule has 0 aliphatic heterocycles. The second-order valence-corrected chi connectivity index (χ2v) is 7.56. The molecule has 4 heteroatoms. The molecule has 2 rings (SSSR count). The summed E-state index contributed by atoms with van der Waals surface area (Å²) in [6.45, 7) is 10.2. The van der Waals surface area contributed by atoms with Gasteiger partial charge in [-0.25, -0.2) is 4.79 Å². The van der Waals surface area contributed by atoms with Gasteiger partial charge in [-0.1, -0.05) is 50.2 Å². The van der Waals surface area contributed by atoms with Gasteiger partial charge in [-0.3, -0.25) is 0 Å². The highest BCUT2D eigenvalue weighted by Gasteiger charge is 2.15. The molecule has 0 saturated heterocycles. The number of nitrogens with two attached hydrogens (primary N) is 1. The highest BCUT2D eigenvalue weighted by Crippen LogP contribution is 2.29. The Labute approximate surface area is 150 Å². The average Bonchev–Trinajstić information content (AvgIpc) is 2.51. The van der Waals surface area contributed by atoms with Crippen molar-refractivity contribution >= 4 is 11.8 Å². The normalized spacial score (nSPS) is 11.4. The Kier molecular flexibility index (Phi) is 5.73. The zero-order valence-corrected chi connectivity index (χ0v) is 15.7. The van der Waals surface area contributed by atoms with E-state index in [4.69, 9.17) is 10.5 Å². The predicted octanol–water partition coefficient (Wildman–Crippen LogP) is 5.08. The summed E-state index contributed by atoms with van der Waals surface area (Å²) in [5.41, 5.74) is 10.8. The molecule has 25 heavy (non-hydrogen) atoms. The third kappa shape index (κ3) is 5.52. The van der Waals surface area contributed by atoms with Crippen LogP contribution in [0.2, 0.25) is 0 Å². The first kappa shape index (κ1) is 18.8. The number of alkyl carbamates (subject to hydrolysis) is 1. The van der Waals surface area contributed by atoms with Crippen molar-refractivity contribution in [2.45, 2.75) is 52.7 Å². The molecule has 0 spiro atoms. The lowest BCUT2D eigenvalue weighted by Crippen LogP contribution is -2.32. The first-order chi connectivity index (χ1) is 11.7. The van der Waals surface area contributed by atoms with E-state index in [1.165, 1.54) is 5.56 Å². The van der Waals surface area contributed by atoms with Crippen LogP contribution in [0.5, 0.6) is 0 Å². The Morgan fingerprint density at radius 3 is 2.48 bits per heavy atom. The lowest BCUT2D eigenvalue weighted by atomic mass is 9.96. The minimum Gasteiger partial charge on any atom is -0.444 e. The Bertz CT molecular complexity index is 746. The molecule has 3 N–H and O–H groups in total. The average molecular weight is 340 g/mol. The Morgan fingerprint density at radius 1 is 1.16 bits per heavy atom. The van der Waals surface area contributed by atoms with Crippen LogP contribution in [0.3, 0.4) is 0 Å². The van der Waals surface area contributed by atoms with Gasteiger partial charge in [0.2, 0.25) is 0 Å². The number of anilines is 1. The Balaban J connectivity index is 2.11. The number of hydrogen-bond donors (Lipinski definition) is 2. The fourth-order valence-corrected chi connectivity index (χ4v) is 2.54. The molecule has 0 bridgehead atoms. The molecule has 0 aliphatic rings. The highest BCUT2D eigenvalue weighted by atomic mass is 16.6. The molecule has 2 aromatic rings. The molecule has 2 aromatic carbocycles. The van der Waals surface area contributed by atoms with Crippen molar-refractivity contribution in [3.05, 3.63) is 53.6 Å². The van der Waals surface area contributed by atoms with E-state index in [2.05, 4.69) is 43.4 Å². The molecule has 0 radical (unpaired) electrons. The molecule has 0 aliphatic carbocycles. The first-order valence-corrected chi connectivity index (χ1v) is 8.61. The van der Waals surface area contributed by atoms with Crippen molar-refractivity contribution in [1.29, 1.82) is 0 Å². The fourth-order valence-electron chi connectivity index (χ4n) is 2.54. The largest absolute Gasteiger partial charge is 0.444 e. The maximum absolute atomic E-state index is 11.7. The summed E-state index contributed by atoms with van der Waals surface area (Å²) >= 11 is 0. The van der Waals surface area contributed by atoms with Crippen molar-refractivity contribution in [3.8, 4) is 11.1 Å². The number of hydrogen-bond acceptors (Lipinski definition) is 3. The van der Waals surface area contributed by atoms with Crippen LogP contribution in [-0.4, -0.2) is 11.7 Å². The number of ether oxygens (including phenoxy) is 1. The molecule has 134 valence electrons. The van der Waals surface area contributed by atoms with Crippen LogP contribution >= 0.6 is 0 Å². The van der Waals surface area contributed by atoms with Crippen molar-refractivity contribution in [2.75, 3.05) is 5.73 Å². The number of amides is 1. The van der Waals surface area contributed by atoms with Crippen LogP contribution in [0.25, 0.3) is 11.1 Å². The van der Waals surface area contributed by atoms with Crippen molar-refractivity contribution in [1.82, 2.24) is 5.32 Å². The van der Waals surface area contributed by atoms with Gasteiger partial charge in [0.15, 0.2) is 0 Å². The minimum atomic E-state index is -0.506. The van der Waals surface area contributed by atoms with Gasteiger partial charge in [-0.15, -0.1) is 0 Å². The summed E-state index contributed by atoms with van der Waals surface area (Å²) in [7, 11) is 0. The van der Waals surface area contributed by atoms with Gasteiger partial charge in [-0.2, -0.15) is 0 Å². The SMILES string of the molecule is CC(C)c1cccc(-c2ccc(CNC(=O)OC(C)(C)C)cc2N)c1. The van der Waals surface area contributed by atoms with Gasteiger partial charge < -0.3 is 15.8 Å². The van der Waals surface area contributed by atoms with Gasteiger partial charge in [0.05, 0.1) is 0 Å². The molecular weight excluding hydrogens is 312 g/mol. The predicted molar refractivity (Wildman–Crippen MR) is 103 cm³/mol. The monoisotopic (exact) mass is 340 g/mol. The second-order valence-electron chi connectivity index (χ2n) is 7.56. The third-order valence-electron chi connectivity index (χ3n) is 3.82. The van der Waals surface area contributed by atoms with E-state index in [1.807, 2.05) is 39.0 Å². The maximum Gasteiger partial charge on any atom is 0.407 e. The zero-order chi connectivity index (χ0) is 18.6. The smallest absolute Gasteiger partial charge is 0.407 e. The number of rotatable bonds is 4. The lowest BCUT2D eigenvalue weighted by molar-refractivity contribution is 0.0523. The number of nitrogen functional groups attached to an aromatic ring is 1. The standard InChI is InChI=1S/C21H28N2O2/c1-14(2)16-7-6-8-17(12-16)18-10-9-15(11-19(18)22)13-23-20(24)25-21(3,4)5/h6-12,14H,13,22H2,1-5H3,(H,23,24).